The number of nitro groups is 1. The van der Waals surface area contributed by atoms with Crippen molar-refractivity contribution in [2.45, 2.75) is 17.0 Å². The summed E-state index contributed by atoms with van der Waals surface area (Å²) in [7, 11) is -4.33. The Morgan fingerprint density at radius 2 is 1.97 bits per heavy atom. The lowest BCUT2D eigenvalue weighted by molar-refractivity contribution is -0.384. The molecule has 39 heavy (non-hydrogen) atoms. The molecular formula is C24H20BrN5O7S2. The monoisotopic (exact) mass is 633 g/mol. The van der Waals surface area contributed by atoms with Gasteiger partial charge in [0.2, 0.25) is 0 Å². The van der Waals surface area contributed by atoms with Gasteiger partial charge in [0.15, 0.2) is 16.7 Å². The van der Waals surface area contributed by atoms with Crippen LogP contribution in [-0.2, 0) is 14.9 Å². The minimum atomic E-state index is -4.33. The van der Waals surface area contributed by atoms with Crippen LogP contribution in [0.2, 0.25) is 0 Å². The van der Waals surface area contributed by atoms with Crippen LogP contribution >= 0.6 is 27.7 Å². The van der Waals surface area contributed by atoms with E-state index >= 15 is 0 Å². The molecule has 0 atom stereocenters. The normalized spacial score (nSPS) is 11.5. The number of aromatic nitrogens is 2. The van der Waals surface area contributed by atoms with Gasteiger partial charge >= 0.3 is 10.1 Å². The highest BCUT2D eigenvalue weighted by Gasteiger charge is 2.23. The number of amides is 1. The van der Waals surface area contributed by atoms with E-state index in [0.717, 1.165) is 35.3 Å². The van der Waals surface area contributed by atoms with Gasteiger partial charge < -0.3 is 13.9 Å². The molecule has 0 unspecified atom stereocenters. The molecular weight excluding hydrogens is 614 g/mol. The molecule has 0 spiro atoms. The Labute approximate surface area is 235 Å². The number of rotatable bonds is 11. The molecule has 2 N–H and O–H groups in total. The molecule has 0 radical (unpaired) electrons. The number of non-ortho nitro benzene ring substituents is 1. The number of hydrazone groups is 1. The van der Waals surface area contributed by atoms with Gasteiger partial charge in [-0.05, 0) is 64.8 Å². The summed E-state index contributed by atoms with van der Waals surface area (Å²) < 4.78 is 36.7. The molecule has 15 heteroatoms. The maximum absolute atomic E-state index is 12.8. The molecule has 1 heterocycles. The summed E-state index contributed by atoms with van der Waals surface area (Å²) in [5.41, 5.74) is 4.34. The fourth-order valence-corrected chi connectivity index (χ4v) is 5.52. The number of hydrogen-bond donors (Lipinski definition) is 2. The fraction of sp³-hybridized carbons (Fsp3) is 0.125. The first-order valence-electron chi connectivity index (χ1n) is 11.2. The van der Waals surface area contributed by atoms with E-state index in [1.54, 1.807) is 6.92 Å². The van der Waals surface area contributed by atoms with Crippen LogP contribution in [0.1, 0.15) is 12.5 Å². The SMILES string of the molecule is CCOc1cc(/C=N\NC(=O)CSc2nc3ccccc3[nH]2)cc(Br)c1OS(=O)(=O)c1ccc([N+](=O)[O-])cc1. The molecule has 3 aromatic carbocycles. The Hall–Kier alpha value is -3.95. The van der Waals surface area contributed by atoms with E-state index < -0.39 is 15.0 Å². The molecule has 0 saturated carbocycles. The van der Waals surface area contributed by atoms with E-state index in [0.29, 0.717) is 10.7 Å². The molecule has 0 aliphatic heterocycles. The minimum absolute atomic E-state index is 0.0817. The van der Waals surface area contributed by atoms with Gasteiger partial charge in [0.05, 0.1) is 39.0 Å². The average Bonchev–Trinajstić information content (AvgIpc) is 3.33. The van der Waals surface area contributed by atoms with E-state index in [1.165, 1.54) is 30.1 Å². The minimum Gasteiger partial charge on any atom is -0.490 e. The number of carbonyl (C=O) groups is 1. The van der Waals surface area contributed by atoms with E-state index in [4.69, 9.17) is 8.92 Å². The number of hydrogen-bond acceptors (Lipinski definition) is 10. The third kappa shape index (κ3) is 7.13. The van der Waals surface area contributed by atoms with E-state index in [-0.39, 0.29) is 44.8 Å². The highest BCUT2D eigenvalue weighted by atomic mass is 79.9. The lowest BCUT2D eigenvalue weighted by atomic mass is 10.2. The van der Waals surface area contributed by atoms with Crippen molar-refractivity contribution < 1.29 is 27.1 Å². The van der Waals surface area contributed by atoms with E-state index in [1.807, 2.05) is 24.3 Å². The number of imidazole rings is 1. The fourth-order valence-electron chi connectivity index (χ4n) is 3.24. The first kappa shape index (κ1) is 28.1. The van der Waals surface area contributed by atoms with Crippen LogP contribution in [-0.4, -0.2) is 47.8 Å². The van der Waals surface area contributed by atoms with Crippen LogP contribution in [0, 0.1) is 10.1 Å². The molecule has 0 fully saturated rings. The number of aromatic amines is 1. The number of carbonyl (C=O) groups excluding carboxylic acids is 1. The van der Waals surface area contributed by atoms with Crippen molar-refractivity contribution in [1.29, 1.82) is 0 Å². The average molecular weight is 634 g/mol. The Morgan fingerprint density at radius 1 is 1.23 bits per heavy atom. The van der Waals surface area contributed by atoms with Gasteiger partial charge in [0, 0.05) is 12.1 Å². The van der Waals surface area contributed by atoms with Crippen molar-refractivity contribution in [1.82, 2.24) is 15.4 Å². The first-order chi connectivity index (χ1) is 18.7. The van der Waals surface area contributed by atoms with E-state index in [9.17, 15) is 23.3 Å². The summed E-state index contributed by atoms with van der Waals surface area (Å²) in [5, 5.41) is 15.4. The van der Waals surface area contributed by atoms with Crippen LogP contribution in [0.5, 0.6) is 11.5 Å². The predicted octanol–water partition coefficient (Wildman–Crippen LogP) is 4.64. The summed E-state index contributed by atoms with van der Waals surface area (Å²) in [6.07, 6.45) is 1.37. The van der Waals surface area contributed by atoms with Crippen molar-refractivity contribution in [3.05, 3.63) is 80.8 Å². The van der Waals surface area contributed by atoms with Gasteiger partial charge in [-0.1, -0.05) is 23.9 Å². The second-order valence-corrected chi connectivity index (χ2v) is 11.1. The number of nitro benzene ring substituents is 1. The Bertz CT molecular complexity index is 1620. The van der Waals surface area contributed by atoms with Gasteiger partial charge in [0.25, 0.3) is 11.6 Å². The smallest absolute Gasteiger partial charge is 0.339 e. The first-order valence-corrected chi connectivity index (χ1v) is 14.4. The maximum Gasteiger partial charge on any atom is 0.339 e. The van der Waals surface area contributed by atoms with Crippen LogP contribution in [0.3, 0.4) is 0 Å². The maximum atomic E-state index is 12.8. The number of halogens is 1. The molecule has 0 aliphatic carbocycles. The number of para-hydroxylation sites is 2. The number of thioether (sulfide) groups is 1. The number of nitrogens with zero attached hydrogens (tertiary/aromatic N) is 3. The van der Waals surface area contributed by atoms with Crippen molar-refractivity contribution >= 4 is 66.7 Å². The van der Waals surface area contributed by atoms with Crippen LogP contribution in [0.4, 0.5) is 5.69 Å². The van der Waals surface area contributed by atoms with Gasteiger partial charge in [-0.15, -0.1) is 0 Å². The van der Waals surface area contributed by atoms with E-state index in [2.05, 4.69) is 36.4 Å². The quantitative estimate of drug-likeness (QED) is 0.0786. The summed E-state index contributed by atoms with van der Waals surface area (Å²) in [6, 6.07) is 14.9. The molecule has 1 aromatic heterocycles. The van der Waals surface area contributed by atoms with Gasteiger partial charge in [-0.25, -0.2) is 10.4 Å². The lowest BCUT2D eigenvalue weighted by Crippen LogP contribution is -2.19. The largest absolute Gasteiger partial charge is 0.490 e. The van der Waals surface area contributed by atoms with Gasteiger partial charge in [-0.3, -0.25) is 14.9 Å². The standard InChI is InChI=1S/C24H20BrN5O7S2/c1-2-36-21-12-15(13-26-29-22(31)14-38-24-27-19-5-3-4-6-20(19)28-24)11-18(25)23(21)37-39(34,35)17-9-7-16(8-10-17)30(32)33/h3-13H,2,14H2,1H3,(H,27,28)(H,29,31)/b26-13-. The molecule has 4 rings (SSSR count). The zero-order chi connectivity index (χ0) is 28.0. The lowest BCUT2D eigenvalue weighted by Gasteiger charge is -2.14. The van der Waals surface area contributed by atoms with Crippen LogP contribution < -0.4 is 14.3 Å². The second kappa shape index (κ2) is 12.3. The Morgan fingerprint density at radius 3 is 2.67 bits per heavy atom. The summed E-state index contributed by atoms with van der Waals surface area (Å²) in [6.45, 7) is 1.92. The highest BCUT2D eigenvalue weighted by Crippen LogP contribution is 2.38. The second-order valence-electron chi connectivity index (χ2n) is 7.69. The molecule has 0 saturated heterocycles. The third-order valence-electron chi connectivity index (χ3n) is 4.97. The van der Waals surface area contributed by atoms with Crippen molar-refractivity contribution in [2.75, 3.05) is 12.4 Å². The summed E-state index contributed by atoms with van der Waals surface area (Å²) >= 11 is 4.52. The van der Waals surface area contributed by atoms with Crippen LogP contribution in [0.25, 0.3) is 11.0 Å². The summed E-state index contributed by atoms with van der Waals surface area (Å²) in [5.74, 6) is -0.280. The topological polar surface area (TPSA) is 166 Å². The molecule has 4 aromatic rings. The number of ether oxygens (including phenoxy) is 1. The van der Waals surface area contributed by atoms with Gasteiger partial charge in [0.1, 0.15) is 4.90 Å². The molecule has 1 amide bonds. The van der Waals surface area contributed by atoms with Crippen molar-refractivity contribution in [2.24, 2.45) is 5.10 Å². The number of H-pyrrole nitrogens is 1. The molecule has 12 nitrogen and oxygen atoms in total. The zero-order valence-corrected chi connectivity index (χ0v) is 23.4. The highest BCUT2D eigenvalue weighted by molar-refractivity contribution is 9.10. The number of fused-ring (bicyclic) bond motifs is 1. The molecule has 0 bridgehead atoms. The van der Waals surface area contributed by atoms with Crippen LogP contribution in [0.15, 0.2) is 80.3 Å². The predicted molar refractivity (Wildman–Crippen MR) is 149 cm³/mol. The molecule has 0 aliphatic rings. The zero-order valence-electron chi connectivity index (χ0n) is 20.2. The Kier molecular flexibility index (Phi) is 8.83. The third-order valence-corrected chi connectivity index (χ3v) is 7.67. The molecule has 202 valence electrons. The van der Waals surface area contributed by atoms with Crippen molar-refractivity contribution in [3.8, 4) is 11.5 Å². The van der Waals surface area contributed by atoms with Crippen molar-refractivity contribution in [3.63, 3.8) is 0 Å². The Balaban J connectivity index is 1.42. The summed E-state index contributed by atoms with van der Waals surface area (Å²) in [4.78, 5) is 29.7. The van der Waals surface area contributed by atoms with Gasteiger partial charge in [-0.2, -0.15) is 13.5 Å². The number of benzene rings is 3. The number of nitrogens with one attached hydrogen (secondary N) is 2.